The zero-order chi connectivity index (χ0) is 50.9. The number of halogens is 4. The number of benzene rings is 4. The van der Waals surface area contributed by atoms with Gasteiger partial charge in [0.05, 0.1) is 19.7 Å². The lowest BCUT2D eigenvalue weighted by atomic mass is 10.0. The molecule has 0 aliphatic carbocycles. The van der Waals surface area contributed by atoms with Gasteiger partial charge < -0.3 is 25.2 Å². The highest BCUT2D eigenvalue weighted by atomic mass is 35.5. The van der Waals surface area contributed by atoms with E-state index in [1.807, 2.05) is 0 Å². The molecule has 0 saturated heterocycles. The Morgan fingerprint density at radius 2 is 1.16 bits per heavy atom. The van der Waals surface area contributed by atoms with E-state index in [9.17, 15) is 47.8 Å². The van der Waals surface area contributed by atoms with Crippen molar-refractivity contribution in [2.75, 3.05) is 19.7 Å². The highest BCUT2D eigenvalue weighted by Crippen LogP contribution is 2.28. The molecule has 0 fully saturated rings. The maximum Gasteiger partial charge on any atom is 0.353 e. The summed E-state index contributed by atoms with van der Waals surface area (Å²) in [6, 6.07) is 24.8. The van der Waals surface area contributed by atoms with Gasteiger partial charge in [0.2, 0.25) is 0 Å². The molecule has 0 radical (unpaired) electrons. The lowest BCUT2D eigenvalue weighted by Crippen LogP contribution is -2.47. The topological polar surface area (TPSA) is 294 Å². The highest BCUT2D eigenvalue weighted by Gasteiger charge is 2.23. The fourth-order valence-corrected chi connectivity index (χ4v) is 6.29. The SMILES string of the molecule is CC(=O)c1cc(C(=O)NN(Cc2ccc(-c3cc(Cl)ccc3F)cc2)C[C@@H](O)C(=O)O)[nH]n1.CC(=O)c1cc(C(=O)O)[nH]n1.CCOC(=O)[C@H](O)CN(N)Cc1ccc(-c2cc(Cl)ccc2F)cc1. The minimum Gasteiger partial charge on any atom is -0.479 e. The highest BCUT2D eigenvalue weighted by molar-refractivity contribution is 6.31. The van der Waals surface area contributed by atoms with E-state index in [-0.39, 0.29) is 59.9 Å². The molecule has 0 unspecified atom stereocenters. The minimum absolute atomic E-state index is 0.0122. The zero-order valence-electron chi connectivity index (χ0n) is 37.0. The quantitative estimate of drug-likeness (QED) is 0.0221. The molecule has 0 aliphatic heterocycles. The summed E-state index contributed by atoms with van der Waals surface area (Å²) in [6.07, 6.45) is -3.07. The molecule has 2 atom stereocenters. The van der Waals surface area contributed by atoms with Crippen molar-refractivity contribution in [1.29, 1.82) is 0 Å². The first-order valence-corrected chi connectivity index (χ1v) is 21.2. The van der Waals surface area contributed by atoms with E-state index in [0.717, 1.165) is 5.56 Å². The standard InChI is InChI=1S/C22H20ClFN4O5.C18H20ClFN2O3.C6H6N2O3/c1-12(29)18-9-19(26-25-18)21(31)27-28(11-20(30)22(32)33)10-13-2-4-14(5-3-13)16-8-15(23)6-7-17(16)24;1-2-25-18(24)17(23)11-22(21)10-12-3-5-13(6-4-12)15-9-14(19)7-8-16(15)20;1-3(9)4-2-5(6(10)11)8-7-4/h2-9,20,30H,10-11H2,1H3,(H,25,26)(H,27,31)(H,32,33);3-9,17,23H,2,10-11,21H2,1H3;2H,1H3,(H,7,8)(H,10,11)/t20-;17-;/m11./s1. The van der Waals surface area contributed by atoms with Gasteiger partial charge in [-0.1, -0.05) is 71.7 Å². The van der Waals surface area contributed by atoms with Crippen molar-refractivity contribution in [2.45, 2.75) is 46.1 Å². The van der Waals surface area contributed by atoms with Gasteiger partial charge in [0, 0.05) is 54.2 Å². The molecule has 364 valence electrons. The second-order valence-corrected chi connectivity index (χ2v) is 15.6. The number of nitrogens with zero attached hydrogens (tertiary/aromatic N) is 4. The van der Waals surface area contributed by atoms with Gasteiger partial charge in [-0.05, 0) is 71.6 Å². The summed E-state index contributed by atoms with van der Waals surface area (Å²) in [6.45, 7) is 4.35. The van der Waals surface area contributed by atoms with Crippen LogP contribution in [0.25, 0.3) is 22.3 Å². The van der Waals surface area contributed by atoms with Crippen LogP contribution < -0.4 is 11.3 Å². The number of rotatable bonds is 18. The van der Waals surface area contributed by atoms with Crippen LogP contribution >= 0.6 is 23.2 Å². The van der Waals surface area contributed by atoms with E-state index < -0.39 is 48.4 Å². The van der Waals surface area contributed by atoms with Gasteiger partial charge in [-0.15, -0.1) is 0 Å². The number of nitrogens with one attached hydrogen (secondary N) is 3. The van der Waals surface area contributed by atoms with E-state index in [1.165, 1.54) is 66.3 Å². The van der Waals surface area contributed by atoms with Gasteiger partial charge in [0.1, 0.15) is 34.4 Å². The van der Waals surface area contributed by atoms with Crippen LogP contribution in [0.4, 0.5) is 8.78 Å². The molecule has 2 heterocycles. The van der Waals surface area contributed by atoms with E-state index in [2.05, 4.69) is 25.8 Å². The Bertz CT molecular complexity index is 2730. The van der Waals surface area contributed by atoms with E-state index >= 15 is 0 Å². The van der Waals surface area contributed by atoms with Gasteiger partial charge >= 0.3 is 17.9 Å². The van der Waals surface area contributed by atoms with Crippen LogP contribution in [0.3, 0.4) is 0 Å². The number of hydrazine groups is 2. The largest absolute Gasteiger partial charge is 0.479 e. The van der Waals surface area contributed by atoms with Crippen molar-refractivity contribution in [3.8, 4) is 22.3 Å². The summed E-state index contributed by atoms with van der Waals surface area (Å²) in [4.78, 5) is 67.2. The number of amides is 1. The molecule has 4 aromatic carbocycles. The summed E-state index contributed by atoms with van der Waals surface area (Å²) in [5.74, 6) is 0.489. The van der Waals surface area contributed by atoms with E-state index in [1.54, 1.807) is 61.5 Å². The van der Waals surface area contributed by atoms with Gasteiger partial charge in [-0.2, -0.15) is 10.2 Å². The number of carbonyl (C=O) groups is 6. The van der Waals surface area contributed by atoms with Crippen molar-refractivity contribution < 1.29 is 62.7 Å². The van der Waals surface area contributed by atoms with Crippen LogP contribution in [0.1, 0.15) is 73.9 Å². The zero-order valence-corrected chi connectivity index (χ0v) is 38.5. The minimum atomic E-state index is -1.76. The Balaban J connectivity index is 0.000000252. The molecule has 0 spiro atoms. The number of carbonyl (C=O) groups excluding carboxylic acids is 4. The van der Waals surface area contributed by atoms with E-state index in [4.69, 9.17) is 44.0 Å². The molecule has 69 heavy (non-hydrogen) atoms. The number of Topliss-reactive ketones (excluding diaryl/α,β-unsaturated/α-hetero) is 2. The van der Waals surface area contributed by atoms with Crippen LogP contribution in [0.15, 0.2) is 97.1 Å². The molecule has 0 saturated carbocycles. The fraction of sp³-hybridized carbons (Fsp3) is 0.217. The molecule has 0 aliphatic rings. The Morgan fingerprint density at radius 3 is 1.58 bits per heavy atom. The average Bonchev–Trinajstić information content (AvgIpc) is 4.02. The van der Waals surface area contributed by atoms with Gasteiger partial charge in [-0.25, -0.2) is 33.2 Å². The van der Waals surface area contributed by atoms with Crippen molar-refractivity contribution in [2.24, 2.45) is 5.84 Å². The van der Waals surface area contributed by atoms with Crippen molar-refractivity contribution >= 4 is 58.6 Å². The van der Waals surface area contributed by atoms with Crippen molar-refractivity contribution in [3.05, 3.63) is 153 Å². The Labute approximate surface area is 402 Å². The number of carboxylic acid groups (broad SMARTS) is 2. The first-order valence-electron chi connectivity index (χ1n) is 20.4. The number of aromatic carboxylic acids is 1. The number of carboxylic acids is 2. The van der Waals surface area contributed by atoms with Crippen LogP contribution in [0.2, 0.25) is 10.0 Å². The number of aliphatic hydroxyl groups excluding tert-OH is 2. The Morgan fingerprint density at radius 1 is 0.696 bits per heavy atom. The number of ether oxygens (including phenoxy) is 1. The number of aromatic nitrogens is 4. The summed E-state index contributed by atoms with van der Waals surface area (Å²) in [7, 11) is 0. The Hall–Kier alpha value is -7.24. The van der Waals surface area contributed by atoms with Crippen LogP contribution in [0.5, 0.6) is 0 Å². The second-order valence-electron chi connectivity index (χ2n) is 14.8. The number of nitrogens with two attached hydrogens (primary N) is 1. The predicted octanol–water partition coefficient (Wildman–Crippen LogP) is 5.72. The monoisotopic (exact) mass is 994 g/mol. The van der Waals surface area contributed by atoms with Crippen molar-refractivity contribution in [3.63, 3.8) is 0 Å². The van der Waals surface area contributed by atoms with E-state index in [0.29, 0.717) is 44.4 Å². The number of ketones is 2. The molecule has 0 bridgehead atoms. The molecular formula is C46H46Cl2F2N8O11. The second kappa shape index (κ2) is 25.8. The maximum absolute atomic E-state index is 14.1. The maximum atomic E-state index is 14.1. The normalized spacial score (nSPS) is 11.7. The lowest BCUT2D eigenvalue weighted by Gasteiger charge is -2.24. The molecule has 9 N–H and O–H groups in total. The van der Waals surface area contributed by atoms with Crippen LogP contribution in [-0.2, 0) is 27.4 Å². The van der Waals surface area contributed by atoms with Gasteiger partial charge in [-0.3, -0.25) is 35.8 Å². The summed E-state index contributed by atoms with van der Waals surface area (Å²) in [5, 5.41) is 52.1. The smallest absolute Gasteiger partial charge is 0.353 e. The van der Waals surface area contributed by atoms with Crippen LogP contribution in [0, 0.1) is 11.6 Å². The average molecular weight is 996 g/mol. The number of H-pyrrole nitrogens is 2. The summed E-state index contributed by atoms with van der Waals surface area (Å²) in [5.41, 5.74) is 6.13. The lowest BCUT2D eigenvalue weighted by molar-refractivity contribution is -0.154. The predicted molar refractivity (Wildman–Crippen MR) is 247 cm³/mol. The van der Waals surface area contributed by atoms with Gasteiger partial charge in [0.15, 0.2) is 23.8 Å². The molecule has 6 rings (SSSR count). The number of esters is 1. The molecule has 19 nitrogen and oxygen atoms in total. The molecular weight excluding hydrogens is 949 g/mol. The molecule has 1 amide bonds. The number of aliphatic hydroxyl groups is 2. The molecule has 23 heteroatoms. The molecule has 2 aromatic heterocycles. The third kappa shape index (κ3) is 16.8. The summed E-state index contributed by atoms with van der Waals surface area (Å²) < 4.78 is 32.7. The van der Waals surface area contributed by atoms with Crippen LogP contribution in [-0.4, -0.2) is 118 Å². The Kier molecular flexibility index (Phi) is 20.3. The summed E-state index contributed by atoms with van der Waals surface area (Å²) >= 11 is 11.9. The fourth-order valence-electron chi connectivity index (χ4n) is 5.94. The van der Waals surface area contributed by atoms with Gasteiger partial charge in [0.25, 0.3) is 5.91 Å². The first-order chi connectivity index (χ1) is 32.6. The number of aliphatic carboxylic acids is 1. The number of hydrogen-bond acceptors (Lipinski definition) is 14. The third-order valence-corrected chi connectivity index (χ3v) is 9.87. The van der Waals surface area contributed by atoms with Crippen molar-refractivity contribution in [1.82, 2.24) is 35.8 Å². The molecule has 6 aromatic rings. The number of hydrogen-bond donors (Lipinski definition) is 8. The number of aromatic amines is 2. The third-order valence-electron chi connectivity index (χ3n) is 9.40. The first kappa shape index (κ1) is 54.4.